The number of carbonyl (C=O) groups excluding carboxylic acids is 2. The first-order valence-electron chi connectivity index (χ1n) is 7.95. The number of hydrogen-bond donors (Lipinski definition) is 2. The highest BCUT2D eigenvalue weighted by Gasteiger charge is 2.31. The number of ether oxygens (including phenoxy) is 1. The molecule has 22 heavy (non-hydrogen) atoms. The molecule has 5 heteroatoms. The smallest absolute Gasteiger partial charge is 0.252 e. The highest BCUT2D eigenvalue weighted by Crippen LogP contribution is 2.30. The maximum absolute atomic E-state index is 12.2. The van der Waals surface area contributed by atoms with Gasteiger partial charge in [-0.3, -0.25) is 9.59 Å². The van der Waals surface area contributed by atoms with Crippen LogP contribution in [0.5, 0.6) is 5.75 Å². The van der Waals surface area contributed by atoms with Gasteiger partial charge in [-0.2, -0.15) is 0 Å². The Labute approximate surface area is 130 Å². The van der Waals surface area contributed by atoms with E-state index in [1.54, 1.807) is 13.2 Å². The van der Waals surface area contributed by atoms with Gasteiger partial charge in [-0.05, 0) is 30.5 Å². The SMILES string of the molecule is COc1ccc2c(c1)C(=O)N[C@H]2CC(=O)NC1CCCCC1. The van der Waals surface area contributed by atoms with Gasteiger partial charge in [0.2, 0.25) is 5.91 Å². The summed E-state index contributed by atoms with van der Waals surface area (Å²) < 4.78 is 5.15. The number of benzene rings is 1. The lowest BCUT2D eigenvalue weighted by atomic mass is 9.95. The van der Waals surface area contributed by atoms with Crippen LogP contribution in [-0.2, 0) is 4.79 Å². The molecule has 0 radical (unpaired) electrons. The van der Waals surface area contributed by atoms with E-state index in [2.05, 4.69) is 10.6 Å². The molecule has 1 aliphatic carbocycles. The second kappa shape index (κ2) is 6.38. The van der Waals surface area contributed by atoms with Crippen LogP contribution in [0.4, 0.5) is 0 Å². The van der Waals surface area contributed by atoms with Crippen LogP contribution >= 0.6 is 0 Å². The summed E-state index contributed by atoms with van der Waals surface area (Å²) in [4.78, 5) is 24.2. The van der Waals surface area contributed by atoms with Crippen molar-refractivity contribution < 1.29 is 14.3 Å². The predicted octanol–water partition coefficient (Wildman–Crippen LogP) is 2.32. The Morgan fingerprint density at radius 3 is 2.82 bits per heavy atom. The van der Waals surface area contributed by atoms with Crippen LogP contribution in [0.3, 0.4) is 0 Å². The Balaban J connectivity index is 1.64. The first kappa shape index (κ1) is 14.9. The molecular weight excluding hydrogens is 280 g/mol. The third kappa shape index (κ3) is 3.08. The van der Waals surface area contributed by atoms with Gasteiger partial charge in [0, 0.05) is 11.6 Å². The van der Waals surface area contributed by atoms with Gasteiger partial charge in [-0.1, -0.05) is 25.3 Å². The second-order valence-electron chi connectivity index (χ2n) is 6.09. The fourth-order valence-corrected chi connectivity index (χ4v) is 3.36. The molecule has 1 atom stereocenters. The zero-order valence-electron chi connectivity index (χ0n) is 12.9. The van der Waals surface area contributed by atoms with Crippen molar-refractivity contribution in [1.29, 1.82) is 0 Å². The summed E-state index contributed by atoms with van der Waals surface area (Å²) in [5.41, 5.74) is 1.49. The first-order valence-corrected chi connectivity index (χ1v) is 7.95. The standard InChI is InChI=1S/C17H22N2O3/c1-22-12-7-8-13-14(9-12)17(21)19-15(13)10-16(20)18-11-5-3-2-4-6-11/h7-9,11,15H,2-6,10H2,1H3,(H,18,20)(H,19,21)/t15-/m0/s1. The molecule has 1 aromatic rings. The van der Waals surface area contributed by atoms with E-state index < -0.39 is 0 Å². The van der Waals surface area contributed by atoms with Crippen LogP contribution in [0.1, 0.15) is 60.5 Å². The Bertz CT molecular complexity index is 579. The van der Waals surface area contributed by atoms with E-state index in [9.17, 15) is 9.59 Å². The molecule has 1 aromatic carbocycles. The number of fused-ring (bicyclic) bond motifs is 1. The quantitative estimate of drug-likeness (QED) is 0.897. The highest BCUT2D eigenvalue weighted by atomic mass is 16.5. The molecule has 2 amide bonds. The van der Waals surface area contributed by atoms with Gasteiger partial charge < -0.3 is 15.4 Å². The first-order chi connectivity index (χ1) is 10.7. The Hall–Kier alpha value is -2.04. The van der Waals surface area contributed by atoms with Gasteiger partial charge in [-0.25, -0.2) is 0 Å². The lowest BCUT2D eigenvalue weighted by Crippen LogP contribution is -2.37. The molecule has 0 unspecified atom stereocenters. The van der Waals surface area contributed by atoms with Gasteiger partial charge in [0.25, 0.3) is 5.91 Å². The molecule has 2 N–H and O–H groups in total. The molecule has 0 saturated heterocycles. The Kier molecular flexibility index (Phi) is 4.32. The molecular formula is C17H22N2O3. The van der Waals surface area contributed by atoms with E-state index >= 15 is 0 Å². The van der Waals surface area contributed by atoms with E-state index in [0.29, 0.717) is 23.8 Å². The zero-order valence-corrected chi connectivity index (χ0v) is 12.9. The highest BCUT2D eigenvalue weighted by molar-refractivity contribution is 6.00. The minimum atomic E-state index is -0.239. The maximum atomic E-state index is 12.2. The fraction of sp³-hybridized carbons (Fsp3) is 0.529. The lowest BCUT2D eigenvalue weighted by Gasteiger charge is -2.23. The van der Waals surface area contributed by atoms with Crippen molar-refractivity contribution >= 4 is 11.8 Å². The molecule has 0 aromatic heterocycles. The van der Waals surface area contributed by atoms with E-state index in [0.717, 1.165) is 18.4 Å². The lowest BCUT2D eigenvalue weighted by molar-refractivity contribution is -0.122. The van der Waals surface area contributed by atoms with Crippen molar-refractivity contribution in [2.24, 2.45) is 0 Å². The average Bonchev–Trinajstić information content (AvgIpc) is 2.83. The largest absolute Gasteiger partial charge is 0.497 e. The average molecular weight is 302 g/mol. The topological polar surface area (TPSA) is 67.4 Å². The number of amides is 2. The predicted molar refractivity (Wildman–Crippen MR) is 82.8 cm³/mol. The van der Waals surface area contributed by atoms with Crippen LogP contribution in [0.15, 0.2) is 18.2 Å². The molecule has 3 rings (SSSR count). The van der Waals surface area contributed by atoms with Crippen LogP contribution in [0.25, 0.3) is 0 Å². The summed E-state index contributed by atoms with van der Waals surface area (Å²) in [6.07, 6.45) is 6.07. The monoisotopic (exact) mass is 302 g/mol. The number of rotatable bonds is 4. The third-order valence-corrected chi connectivity index (χ3v) is 4.55. The van der Waals surface area contributed by atoms with Crippen molar-refractivity contribution in [2.75, 3.05) is 7.11 Å². The number of methoxy groups -OCH3 is 1. The van der Waals surface area contributed by atoms with Gasteiger partial charge in [0.05, 0.1) is 19.6 Å². The molecule has 2 aliphatic rings. The van der Waals surface area contributed by atoms with E-state index in [-0.39, 0.29) is 17.9 Å². The van der Waals surface area contributed by atoms with Gasteiger partial charge in [-0.15, -0.1) is 0 Å². The Morgan fingerprint density at radius 1 is 1.32 bits per heavy atom. The number of nitrogens with one attached hydrogen (secondary N) is 2. The molecule has 1 fully saturated rings. The normalized spacial score (nSPS) is 21.1. The van der Waals surface area contributed by atoms with Gasteiger partial charge >= 0.3 is 0 Å². The molecule has 0 bridgehead atoms. The van der Waals surface area contributed by atoms with Crippen LogP contribution in [0.2, 0.25) is 0 Å². The third-order valence-electron chi connectivity index (χ3n) is 4.55. The molecule has 118 valence electrons. The summed E-state index contributed by atoms with van der Waals surface area (Å²) in [6, 6.07) is 5.48. The minimum absolute atomic E-state index is 0.0147. The van der Waals surface area contributed by atoms with E-state index in [1.807, 2.05) is 12.1 Å². The van der Waals surface area contributed by atoms with E-state index in [1.165, 1.54) is 19.3 Å². The van der Waals surface area contributed by atoms with Crippen molar-refractivity contribution in [3.05, 3.63) is 29.3 Å². The van der Waals surface area contributed by atoms with Crippen LogP contribution in [-0.4, -0.2) is 25.0 Å². The summed E-state index contributed by atoms with van der Waals surface area (Å²) in [7, 11) is 1.57. The molecule has 1 saturated carbocycles. The van der Waals surface area contributed by atoms with Crippen LogP contribution in [0, 0.1) is 0 Å². The van der Waals surface area contributed by atoms with Crippen LogP contribution < -0.4 is 15.4 Å². The Morgan fingerprint density at radius 2 is 2.09 bits per heavy atom. The zero-order chi connectivity index (χ0) is 15.5. The van der Waals surface area contributed by atoms with Crippen molar-refractivity contribution in [2.45, 2.75) is 50.6 Å². The molecule has 1 aliphatic heterocycles. The summed E-state index contributed by atoms with van der Waals surface area (Å²) >= 11 is 0. The maximum Gasteiger partial charge on any atom is 0.252 e. The number of carbonyl (C=O) groups is 2. The summed E-state index contributed by atoms with van der Waals surface area (Å²) in [5.74, 6) is 0.534. The fourth-order valence-electron chi connectivity index (χ4n) is 3.36. The van der Waals surface area contributed by atoms with Crippen molar-refractivity contribution in [1.82, 2.24) is 10.6 Å². The van der Waals surface area contributed by atoms with Gasteiger partial charge in [0.1, 0.15) is 5.75 Å². The minimum Gasteiger partial charge on any atom is -0.497 e. The van der Waals surface area contributed by atoms with Crippen molar-refractivity contribution in [3.63, 3.8) is 0 Å². The molecule has 5 nitrogen and oxygen atoms in total. The van der Waals surface area contributed by atoms with Crippen molar-refractivity contribution in [3.8, 4) is 5.75 Å². The number of hydrogen-bond acceptors (Lipinski definition) is 3. The molecule has 1 heterocycles. The molecule has 0 spiro atoms. The van der Waals surface area contributed by atoms with Gasteiger partial charge in [0.15, 0.2) is 0 Å². The van der Waals surface area contributed by atoms with E-state index in [4.69, 9.17) is 4.74 Å². The summed E-state index contributed by atoms with van der Waals surface area (Å²) in [6.45, 7) is 0. The summed E-state index contributed by atoms with van der Waals surface area (Å²) in [5, 5.41) is 5.98. The second-order valence-corrected chi connectivity index (χ2v) is 6.09.